The molecule has 1 aliphatic rings. The van der Waals surface area contributed by atoms with Crippen LogP contribution in [0.25, 0.3) is 10.8 Å². The minimum absolute atomic E-state index is 0.0319. The molecule has 1 saturated heterocycles. The van der Waals surface area contributed by atoms with E-state index in [1.807, 2.05) is 41.3 Å². The van der Waals surface area contributed by atoms with E-state index in [0.29, 0.717) is 30.9 Å². The highest BCUT2D eigenvalue weighted by molar-refractivity contribution is 5.99. The van der Waals surface area contributed by atoms with Gasteiger partial charge in [-0.1, -0.05) is 24.3 Å². The molecule has 0 atom stereocenters. The summed E-state index contributed by atoms with van der Waals surface area (Å²) in [5.74, 6) is 0.473. The zero-order valence-corrected chi connectivity index (χ0v) is 15.5. The van der Waals surface area contributed by atoms with Crippen molar-refractivity contribution >= 4 is 22.6 Å². The van der Waals surface area contributed by atoms with Crippen LogP contribution >= 0.6 is 0 Å². The second-order valence-corrected chi connectivity index (χ2v) is 7.17. The zero-order chi connectivity index (χ0) is 19.7. The topological polar surface area (TPSA) is 118 Å². The molecule has 0 spiro atoms. The molecular weight excluding hydrogens is 354 g/mol. The lowest BCUT2D eigenvalue weighted by Crippen LogP contribution is -2.38. The van der Waals surface area contributed by atoms with Gasteiger partial charge in [-0.3, -0.25) is 9.59 Å². The minimum atomic E-state index is -0.514. The Balaban J connectivity index is 1.48. The van der Waals surface area contributed by atoms with Crippen LogP contribution in [0.4, 0.5) is 0 Å². The van der Waals surface area contributed by atoms with E-state index in [-0.39, 0.29) is 11.8 Å². The van der Waals surface area contributed by atoms with Crippen molar-refractivity contribution in [1.82, 2.24) is 14.9 Å². The van der Waals surface area contributed by atoms with Crippen molar-refractivity contribution < 1.29 is 9.59 Å². The van der Waals surface area contributed by atoms with Gasteiger partial charge in [-0.2, -0.15) is 0 Å². The lowest BCUT2D eigenvalue weighted by Gasteiger charge is -2.31. The van der Waals surface area contributed by atoms with E-state index in [0.717, 1.165) is 35.0 Å². The number of amides is 2. The second kappa shape index (κ2) is 7.44. The zero-order valence-electron chi connectivity index (χ0n) is 15.5. The SMILES string of the molecule is NCc1cccc2ccc(C(=O)N3CCC(c4ncc(C(N)=O)[nH]4)CC3)cc12. The third-order valence-electron chi connectivity index (χ3n) is 5.47. The number of carbonyl (C=O) groups excluding carboxylic acids is 2. The molecule has 7 heteroatoms. The number of piperidine rings is 1. The first kappa shape index (κ1) is 18.2. The summed E-state index contributed by atoms with van der Waals surface area (Å²) in [5.41, 5.74) is 13.2. The first-order valence-corrected chi connectivity index (χ1v) is 9.42. The third-order valence-corrected chi connectivity index (χ3v) is 5.47. The first-order chi connectivity index (χ1) is 13.6. The molecule has 3 aromatic rings. The van der Waals surface area contributed by atoms with Gasteiger partial charge in [0.05, 0.1) is 6.20 Å². The maximum atomic E-state index is 13.0. The van der Waals surface area contributed by atoms with Gasteiger partial charge in [-0.15, -0.1) is 0 Å². The van der Waals surface area contributed by atoms with E-state index >= 15 is 0 Å². The molecule has 1 fully saturated rings. The number of primary amides is 1. The Bertz CT molecular complexity index is 1030. The highest BCUT2D eigenvalue weighted by atomic mass is 16.2. The van der Waals surface area contributed by atoms with Gasteiger partial charge >= 0.3 is 0 Å². The molecule has 0 aliphatic carbocycles. The van der Waals surface area contributed by atoms with E-state index in [1.165, 1.54) is 6.20 Å². The fourth-order valence-corrected chi connectivity index (χ4v) is 3.86. The van der Waals surface area contributed by atoms with Crippen molar-refractivity contribution in [3.63, 3.8) is 0 Å². The lowest BCUT2D eigenvalue weighted by molar-refractivity contribution is 0.0711. The number of H-pyrrole nitrogens is 1. The number of likely N-dealkylation sites (tertiary alicyclic amines) is 1. The van der Waals surface area contributed by atoms with Gasteiger partial charge in [0, 0.05) is 31.1 Å². The van der Waals surface area contributed by atoms with E-state index in [2.05, 4.69) is 9.97 Å². The van der Waals surface area contributed by atoms with Crippen LogP contribution in [-0.2, 0) is 6.54 Å². The summed E-state index contributed by atoms with van der Waals surface area (Å²) in [5, 5.41) is 2.11. The monoisotopic (exact) mass is 377 g/mol. The van der Waals surface area contributed by atoms with Crippen LogP contribution in [0, 0.1) is 0 Å². The molecule has 0 bridgehead atoms. The summed E-state index contributed by atoms with van der Waals surface area (Å²) < 4.78 is 0. The molecule has 2 amide bonds. The number of nitrogens with zero attached hydrogens (tertiary/aromatic N) is 2. The molecule has 4 rings (SSSR count). The summed E-state index contributed by atoms with van der Waals surface area (Å²) in [4.78, 5) is 33.4. The molecule has 1 aromatic heterocycles. The number of nitrogens with one attached hydrogen (secondary N) is 1. The smallest absolute Gasteiger partial charge is 0.266 e. The van der Waals surface area contributed by atoms with Crippen LogP contribution < -0.4 is 11.5 Å². The summed E-state index contributed by atoms with van der Waals surface area (Å²) >= 11 is 0. The van der Waals surface area contributed by atoms with Crippen LogP contribution in [-0.4, -0.2) is 39.8 Å². The fraction of sp³-hybridized carbons (Fsp3) is 0.286. The van der Waals surface area contributed by atoms with Crippen molar-refractivity contribution in [2.45, 2.75) is 25.3 Å². The quantitative estimate of drug-likeness (QED) is 0.645. The van der Waals surface area contributed by atoms with Crippen LogP contribution in [0.2, 0.25) is 0 Å². The average molecular weight is 377 g/mol. The van der Waals surface area contributed by atoms with Crippen molar-refractivity contribution in [2.24, 2.45) is 11.5 Å². The van der Waals surface area contributed by atoms with E-state index < -0.39 is 5.91 Å². The maximum Gasteiger partial charge on any atom is 0.266 e. The number of rotatable bonds is 4. The molecule has 1 aliphatic heterocycles. The molecule has 0 radical (unpaired) electrons. The Kier molecular flexibility index (Phi) is 4.83. The van der Waals surface area contributed by atoms with Crippen LogP contribution in [0.15, 0.2) is 42.6 Å². The molecule has 2 aromatic carbocycles. The number of aromatic nitrogens is 2. The first-order valence-electron chi connectivity index (χ1n) is 9.42. The van der Waals surface area contributed by atoms with Gasteiger partial charge in [-0.05, 0) is 41.3 Å². The van der Waals surface area contributed by atoms with E-state index in [1.54, 1.807) is 0 Å². The maximum absolute atomic E-state index is 13.0. The van der Waals surface area contributed by atoms with Gasteiger partial charge in [0.15, 0.2) is 0 Å². The highest BCUT2D eigenvalue weighted by Crippen LogP contribution is 2.27. The number of carbonyl (C=O) groups is 2. The normalized spacial score (nSPS) is 15.1. The molecular formula is C21H23N5O2. The van der Waals surface area contributed by atoms with Crippen molar-refractivity contribution in [3.05, 3.63) is 65.2 Å². The number of nitrogens with two attached hydrogens (primary N) is 2. The van der Waals surface area contributed by atoms with Gasteiger partial charge < -0.3 is 21.4 Å². The molecule has 7 nitrogen and oxygen atoms in total. The van der Waals surface area contributed by atoms with Gasteiger partial charge in [-0.25, -0.2) is 4.98 Å². The van der Waals surface area contributed by atoms with Gasteiger partial charge in [0.2, 0.25) is 0 Å². The molecule has 5 N–H and O–H groups in total. The molecule has 144 valence electrons. The summed E-state index contributed by atoms with van der Waals surface area (Å²) in [6, 6.07) is 11.8. The largest absolute Gasteiger partial charge is 0.364 e. The standard InChI is InChI=1S/C21H23N5O2/c22-11-16-3-1-2-13-4-5-15(10-17(13)16)21(28)26-8-6-14(7-9-26)20-24-12-18(25-20)19(23)27/h1-5,10,12,14H,6-9,11,22H2,(H2,23,27)(H,24,25). The van der Waals surface area contributed by atoms with Crippen molar-refractivity contribution in [3.8, 4) is 0 Å². The number of benzene rings is 2. The highest BCUT2D eigenvalue weighted by Gasteiger charge is 2.26. The van der Waals surface area contributed by atoms with Crippen LogP contribution in [0.1, 0.15) is 51.0 Å². The number of imidazole rings is 1. The third kappa shape index (κ3) is 3.36. The predicted molar refractivity (Wildman–Crippen MR) is 107 cm³/mol. The van der Waals surface area contributed by atoms with Crippen LogP contribution in [0.3, 0.4) is 0 Å². The summed E-state index contributed by atoms with van der Waals surface area (Å²) in [6.07, 6.45) is 3.05. The number of hydrogen-bond donors (Lipinski definition) is 3. The van der Waals surface area contributed by atoms with E-state index in [9.17, 15) is 9.59 Å². The van der Waals surface area contributed by atoms with E-state index in [4.69, 9.17) is 11.5 Å². The number of aromatic amines is 1. The summed E-state index contributed by atoms with van der Waals surface area (Å²) in [6.45, 7) is 1.73. The van der Waals surface area contributed by atoms with Crippen LogP contribution in [0.5, 0.6) is 0 Å². The number of fused-ring (bicyclic) bond motifs is 1. The predicted octanol–water partition coefficient (Wildman–Crippen LogP) is 2.14. The fourth-order valence-electron chi connectivity index (χ4n) is 3.86. The van der Waals surface area contributed by atoms with Crippen molar-refractivity contribution in [2.75, 3.05) is 13.1 Å². The minimum Gasteiger partial charge on any atom is -0.364 e. The van der Waals surface area contributed by atoms with Gasteiger partial charge in [0.1, 0.15) is 11.5 Å². The average Bonchev–Trinajstić information content (AvgIpc) is 3.23. The Morgan fingerprint density at radius 2 is 1.96 bits per heavy atom. The lowest BCUT2D eigenvalue weighted by atomic mass is 9.95. The number of hydrogen-bond acceptors (Lipinski definition) is 4. The van der Waals surface area contributed by atoms with Gasteiger partial charge in [0.25, 0.3) is 11.8 Å². The second-order valence-electron chi connectivity index (χ2n) is 7.17. The summed E-state index contributed by atoms with van der Waals surface area (Å²) in [7, 11) is 0. The molecule has 0 unspecified atom stereocenters. The Morgan fingerprint density at radius 3 is 2.64 bits per heavy atom. The molecule has 0 saturated carbocycles. The Labute approximate surface area is 162 Å². The Hall–Kier alpha value is -3.19. The molecule has 28 heavy (non-hydrogen) atoms. The van der Waals surface area contributed by atoms with Crippen molar-refractivity contribution in [1.29, 1.82) is 0 Å². The Morgan fingerprint density at radius 1 is 1.18 bits per heavy atom. The molecule has 2 heterocycles.